The van der Waals surface area contributed by atoms with Gasteiger partial charge in [0.15, 0.2) is 5.82 Å². The predicted octanol–water partition coefficient (Wildman–Crippen LogP) is 3.20. The van der Waals surface area contributed by atoms with Crippen LogP contribution in [-0.2, 0) is 4.74 Å². The largest absolute Gasteiger partial charge is 0.389 e. The van der Waals surface area contributed by atoms with Crippen molar-refractivity contribution in [1.82, 2.24) is 0 Å². The number of rotatable bonds is 5. The Morgan fingerprint density at radius 3 is 2.74 bits per heavy atom. The highest BCUT2D eigenvalue weighted by Gasteiger charge is 2.36. The van der Waals surface area contributed by atoms with Gasteiger partial charge in [-0.25, -0.2) is 4.39 Å². The highest BCUT2D eigenvalue weighted by molar-refractivity contribution is 9.10. The summed E-state index contributed by atoms with van der Waals surface area (Å²) in [5.41, 5.74) is 6.30. The minimum Gasteiger partial charge on any atom is -0.389 e. The molecule has 0 spiro atoms. The molecule has 0 bridgehead atoms. The minimum atomic E-state index is -0.379. The van der Waals surface area contributed by atoms with Crippen molar-refractivity contribution in [3.63, 3.8) is 0 Å². The molecule has 0 aliphatic heterocycles. The maximum atomic E-state index is 14.2. The number of hydrogen-bond acceptors (Lipinski definition) is 3. The Morgan fingerprint density at radius 1 is 1.58 bits per heavy atom. The van der Waals surface area contributed by atoms with Gasteiger partial charge in [0, 0.05) is 19.2 Å². The van der Waals surface area contributed by atoms with E-state index >= 15 is 0 Å². The van der Waals surface area contributed by atoms with Crippen LogP contribution in [0.15, 0.2) is 16.6 Å². The summed E-state index contributed by atoms with van der Waals surface area (Å²) in [6.07, 6.45) is 3.16. The van der Waals surface area contributed by atoms with Crippen LogP contribution in [0.3, 0.4) is 0 Å². The molecule has 0 unspecified atom stereocenters. The van der Waals surface area contributed by atoms with Crippen molar-refractivity contribution in [3.8, 4) is 0 Å². The van der Waals surface area contributed by atoms with Crippen molar-refractivity contribution < 1.29 is 9.13 Å². The molecule has 3 nitrogen and oxygen atoms in total. The Kier molecular flexibility index (Phi) is 4.43. The molecule has 0 radical (unpaired) electrons. The zero-order valence-electron chi connectivity index (χ0n) is 10.6. The Labute approximate surface area is 125 Å². The Morgan fingerprint density at radius 2 is 2.26 bits per heavy atom. The standard InChI is InChI=1S/C13H16BrFN2OS/c1-18-13(5-2-6-13)7-17-9-4-3-8(12(16)19)10(14)11(9)15/h3-4,17H,2,5-7H2,1H3,(H2,16,19). The molecule has 1 aromatic rings. The Balaban J connectivity index is 2.13. The molecular weight excluding hydrogens is 331 g/mol. The van der Waals surface area contributed by atoms with Crippen LogP contribution in [0, 0.1) is 5.82 Å². The first kappa shape index (κ1) is 14.7. The third-order valence-electron chi connectivity index (χ3n) is 3.65. The van der Waals surface area contributed by atoms with Crippen molar-refractivity contribution in [3.05, 3.63) is 28.0 Å². The quantitative estimate of drug-likeness (QED) is 0.803. The van der Waals surface area contributed by atoms with Crippen molar-refractivity contribution >= 4 is 38.8 Å². The van der Waals surface area contributed by atoms with Gasteiger partial charge >= 0.3 is 0 Å². The fourth-order valence-corrected chi connectivity index (χ4v) is 3.02. The highest BCUT2D eigenvalue weighted by atomic mass is 79.9. The second-order valence-corrected chi connectivity index (χ2v) is 5.98. The van der Waals surface area contributed by atoms with E-state index in [1.54, 1.807) is 19.2 Å². The van der Waals surface area contributed by atoms with Crippen LogP contribution in [0.5, 0.6) is 0 Å². The number of benzene rings is 1. The molecule has 0 atom stereocenters. The zero-order valence-corrected chi connectivity index (χ0v) is 13.0. The van der Waals surface area contributed by atoms with Gasteiger partial charge in [0.1, 0.15) is 4.99 Å². The molecule has 0 aromatic heterocycles. The summed E-state index contributed by atoms with van der Waals surface area (Å²) in [5, 5.41) is 3.10. The maximum absolute atomic E-state index is 14.2. The van der Waals surface area contributed by atoms with Gasteiger partial charge in [0.2, 0.25) is 0 Å². The molecule has 19 heavy (non-hydrogen) atoms. The SMILES string of the molecule is COC1(CNc2ccc(C(N)=S)c(Br)c2F)CCC1. The summed E-state index contributed by atoms with van der Waals surface area (Å²) in [4.78, 5) is 0.171. The second-order valence-electron chi connectivity index (χ2n) is 4.75. The van der Waals surface area contributed by atoms with Crippen LogP contribution in [0.2, 0.25) is 0 Å². The van der Waals surface area contributed by atoms with Gasteiger partial charge in [-0.3, -0.25) is 0 Å². The molecule has 6 heteroatoms. The van der Waals surface area contributed by atoms with Crippen molar-refractivity contribution in [2.75, 3.05) is 19.0 Å². The van der Waals surface area contributed by atoms with Crippen molar-refractivity contribution in [2.24, 2.45) is 5.73 Å². The Hall–Kier alpha value is -0.720. The summed E-state index contributed by atoms with van der Waals surface area (Å²) < 4.78 is 19.9. The molecule has 1 aliphatic carbocycles. The van der Waals surface area contributed by atoms with Gasteiger partial charge in [-0.15, -0.1) is 0 Å². The second kappa shape index (κ2) is 5.73. The summed E-state index contributed by atoms with van der Waals surface area (Å²) in [6, 6.07) is 3.36. The molecule has 0 saturated heterocycles. The molecule has 0 heterocycles. The first-order chi connectivity index (χ1) is 8.99. The van der Waals surface area contributed by atoms with Gasteiger partial charge < -0.3 is 15.8 Å². The highest BCUT2D eigenvalue weighted by Crippen LogP contribution is 2.36. The van der Waals surface area contributed by atoms with E-state index in [1.165, 1.54) is 0 Å². The molecule has 2 rings (SSSR count). The van der Waals surface area contributed by atoms with Crippen LogP contribution in [0.25, 0.3) is 0 Å². The van der Waals surface area contributed by atoms with E-state index in [-0.39, 0.29) is 16.4 Å². The first-order valence-electron chi connectivity index (χ1n) is 6.06. The van der Waals surface area contributed by atoms with E-state index in [9.17, 15) is 4.39 Å². The number of methoxy groups -OCH3 is 1. The minimum absolute atomic E-state index is 0.152. The first-order valence-corrected chi connectivity index (χ1v) is 7.26. The molecule has 1 fully saturated rings. The molecule has 1 saturated carbocycles. The summed E-state index contributed by atoms with van der Waals surface area (Å²) in [7, 11) is 1.70. The number of halogens is 2. The van der Waals surface area contributed by atoms with Crippen LogP contribution in [0.1, 0.15) is 24.8 Å². The number of nitrogens with two attached hydrogens (primary N) is 1. The number of hydrogen-bond donors (Lipinski definition) is 2. The van der Waals surface area contributed by atoms with E-state index in [0.29, 0.717) is 22.3 Å². The lowest BCUT2D eigenvalue weighted by atomic mass is 9.80. The van der Waals surface area contributed by atoms with Crippen LogP contribution >= 0.6 is 28.1 Å². The lowest BCUT2D eigenvalue weighted by Crippen LogP contribution is -2.45. The van der Waals surface area contributed by atoms with Gasteiger partial charge in [0.25, 0.3) is 0 Å². The smallest absolute Gasteiger partial charge is 0.161 e. The average molecular weight is 347 g/mol. The number of anilines is 1. The molecular formula is C13H16BrFN2OS. The van der Waals surface area contributed by atoms with Gasteiger partial charge in [-0.2, -0.15) is 0 Å². The Bertz CT molecular complexity index is 500. The number of thiocarbonyl (C=S) groups is 1. The summed E-state index contributed by atoms with van der Waals surface area (Å²) >= 11 is 8.05. The molecule has 3 N–H and O–H groups in total. The molecule has 1 aromatic carbocycles. The lowest BCUT2D eigenvalue weighted by Gasteiger charge is -2.40. The fraction of sp³-hybridized carbons (Fsp3) is 0.462. The maximum Gasteiger partial charge on any atom is 0.161 e. The third kappa shape index (κ3) is 2.90. The van der Waals surface area contributed by atoms with E-state index in [2.05, 4.69) is 21.2 Å². The lowest BCUT2D eigenvalue weighted by molar-refractivity contribution is -0.0601. The zero-order chi connectivity index (χ0) is 14.0. The molecule has 0 amide bonds. The van der Waals surface area contributed by atoms with Crippen LogP contribution < -0.4 is 11.1 Å². The average Bonchev–Trinajstić information content (AvgIpc) is 2.33. The fourth-order valence-electron chi connectivity index (χ4n) is 2.16. The van der Waals surface area contributed by atoms with Crippen LogP contribution in [-0.4, -0.2) is 24.2 Å². The third-order valence-corrected chi connectivity index (χ3v) is 4.64. The van der Waals surface area contributed by atoms with E-state index < -0.39 is 0 Å². The monoisotopic (exact) mass is 346 g/mol. The van der Waals surface area contributed by atoms with Crippen molar-refractivity contribution in [2.45, 2.75) is 24.9 Å². The van der Waals surface area contributed by atoms with E-state index in [1.807, 2.05) is 0 Å². The van der Waals surface area contributed by atoms with Gasteiger partial charge in [-0.05, 0) is 47.3 Å². The van der Waals surface area contributed by atoms with Gasteiger partial charge in [-0.1, -0.05) is 12.2 Å². The van der Waals surface area contributed by atoms with E-state index in [4.69, 9.17) is 22.7 Å². The molecule has 104 valence electrons. The topological polar surface area (TPSA) is 47.3 Å². The van der Waals surface area contributed by atoms with E-state index in [0.717, 1.165) is 19.3 Å². The normalized spacial score (nSPS) is 16.8. The summed E-state index contributed by atoms with van der Waals surface area (Å²) in [5.74, 6) is -0.379. The van der Waals surface area contributed by atoms with Gasteiger partial charge in [0.05, 0.1) is 15.8 Å². The molecule has 1 aliphatic rings. The number of ether oxygens (including phenoxy) is 1. The number of nitrogens with one attached hydrogen (secondary N) is 1. The predicted molar refractivity (Wildman–Crippen MR) is 82.1 cm³/mol. The summed E-state index contributed by atoms with van der Waals surface area (Å²) in [6.45, 7) is 0.597. The van der Waals surface area contributed by atoms with Crippen molar-refractivity contribution in [1.29, 1.82) is 0 Å². The van der Waals surface area contributed by atoms with Crippen LogP contribution in [0.4, 0.5) is 10.1 Å².